The highest BCUT2D eigenvalue weighted by atomic mass is 32.2. The summed E-state index contributed by atoms with van der Waals surface area (Å²) in [4.78, 5) is 0. The molecule has 0 aromatic carbocycles. The van der Waals surface area contributed by atoms with Gasteiger partial charge in [-0.25, -0.2) is 0 Å². The van der Waals surface area contributed by atoms with Crippen LogP contribution in [0.3, 0.4) is 0 Å². The first-order valence-electron chi connectivity index (χ1n) is 3.22. The SMILES string of the molecule is C=CSCCOCCC. The van der Waals surface area contributed by atoms with E-state index in [-0.39, 0.29) is 0 Å². The molecule has 0 aliphatic rings. The Hall–Kier alpha value is 0.0500. The Kier molecular flexibility index (Phi) is 8.09. The summed E-state index contributed by atoms with van der Waals surface area (Å²) in [6.07, 6.45) is 1.11. The van der Waals surface area contributed by atoms with Gasteiger partial charge < -0.3 is 4.74 Å². The predicted molar refractivity (Wildman–Crippen MR) is 43.8 cm³/mol. The van der Waals surface area contributed by atoms with Crippen molar-refractivity contribution in [3.05, 3.63) is 12.0 Å². The van der Waals surface area contributed by atoms with E-state index in [2.05, 4.69) is 13.5 Å². The molecule has 0 aromatic rings. The van der Waals surface area contributed by atoms with Crippen LogP contribution in [-0.2, 0) is 4.74 Å². The second-order valence-corrected chi connectivity index (χ2v) is 2.72. The monoisotopic (exact) mass is 146 g/mol. The summed E-state index contributed by atoms with van der Waals surface area (Å²) < 4.78 is 5.22. The molecule has 0 aromatic heterocycles. The van der Waals surface area contributed by atoms with Crippen molar-refractivity contribution in [1.29, 1.82) is 0 Å². The Bertz CT molecular complexity index is 63.9. The van der Waals surface area contributed by atoms with Crippen LogP contribution in [-0.4, -0.2) is 19.0 Å². The molecule has 0 radical (unpaired) electrons. The Morgan fingerprint density at radius 2 is 2.33 bits per heavy atom. The highest BCUT2D eigenvalue weighted by Gasteiger charge is 1.83. The lowest BCUT2D eigenvalue weighted by atomic mass is 10.5. The molecule has 1 nitrogen and oxygen atoms in total. The second-order valence-electron chi connectivity index (χ2n) is 1.65. The molecule has 0 rings (SSSR count). The third kappa shape index (κ3) is 8.05. The minimum Gasteiger partial charge on any atom is -0.381 e. The molecule has 0 amide bonds. The van der Waals surface area contributed by atoms with E-state index < -0.39 is 0 Å². The van der Waals surface area contributed by atoms with Gasteiger partial charge in [0.15, 0.2) is 0 Å². The fourth-order valence-corrected chi connectivity index (χ4v) is 0.818. The standard InChI is InChI=1S/C7H14OS/c1-3-5-8-6-7-9-4-2/h4H,2-3,5-7H2,1H3. The van der Waals surface area contributed by atoms with Crippen LogP contribution in [0.5, 0.6) is 0 Å². The van der Waals surface area contributed by atoms with Crippen LogP contribution in [0.15, 0.2) is 12.0 Å². The molecule has 54 valence electrons. The van der Waals surface area contributed by atoms with Crippen LogP contribution in [0, 0.1) is 0 Å². The van der Waals surface area contributed by atoms with Crippen LogP contribution in [0.4, 0.5) is 0 Å². The zero-order chi connectivity index (χ0) is 6.95. The number of rotatable bonds is 6. The van der Waals surface area contributed by atoms with Crippen molar-refractivity contribution in [2.75, 3.05) is 19.0 Å². The van der Waals surface area contributed by atoms with Gasteiger partial charge in [0.25, 0.3) is 0 Å². The normalized spacial score (nSPS) is 9.44. The van der Waals surface area contributed by atoms with E-state index in [0.29, 0.717) is 0 Å². The summed E-state index contributed by atoms with van der Waals surface area (Å²) in [7, 11) is 0. The van der Waals surface area contributed by atoms with E-state index in [0.717, 1.165) is 25.4 Å². The Balaban J connectivity index is 2.66. The van der Waals surface area contributed by atoms with Gasteiger partial charge in [-0.05, 0) is 11.8 Å². The number of thioether (sulfide) groups is 1. The molecule has 0 atom stereocenters. The molecule has 0 N–H and O–H groups in total. The van der Waals surface area contributed by atoms with E-state index in [1.165, 1.54) is 0 Å². The molecule has 0 saturated carbocycles. The highest BCUT2D eigenvalue weighted by Crippen LogP contribution is 1.98. The fourth-order valence-electron chi connectivity index (χ4n) is 0.437. The summed E-state index contributed by atoms with van der Waals surface area (Å²) >= 11 is 1.70. The van der Waals surface area contributed by atoms with Crippen LogP contribution in [0.2, 0.25) is 0 Å². The lowest BCUT2D eigenvalue weighted by Gasteiger charge is -1.98. The quantitative estimate of drug-likeness (QED) is 0.532. The molecule has 0 bridgehead atoms. The first-order valence-corrected chi connectivity index (χ1v) is 4.27. The summed E-state index contributed by atoms with van der Waals surface area (Å²) in [5.74, 6) is 1.03. The molecule has 0 heterocycles. The van der Waals surface area contributed by atoms with E-state index in [9.17, 15) is 0 Å². The van der Waals surface area contributed by atoms with Gasteiger partial charge in [-0.15, -0.1) is 11.8 Å². The van der Waals surface area contributed by atoms with Crippen LogP contribution in [0.25, 0.3) is 0 Å². The molecule has 0 aliphatic heterocycles. The maximum Gasteiger partial charge on any atom is 0.0559 e. The zero-order valence-corrected chi connectivity index (χ0v) is 6.75. The van der Waals surface area contributed by atoms with Crippen molar-refractivity contribution in [1.82, 2.24) is 0 Å². The second kappa shape index (κ2) is 8.05. The van der Waals surface area contributed by atoms with Gasteiger partial charge in [0.05, 0.1) is 6.61 Å². The minimum absolute atomic E-state index is 0.852. The maximum atomic E-state index is 5.22. The smallest absolute Gasteiger partial charge is 0.0559 e. The molecule has 0 saturated heterocycles. The molecule has 0 fully saturated rings. The van der Waals surface area contributed by atoms with Gasteiger partial charge in [0.1, 0.15) is 0 Å². The third-order valence-electron chi connectivity index (χ3n) is 0.812. The molecule has 0 unspecified atom stereocenters. The lowest BCUT2D eigenvalue weighted by Crippen LogP contribution is -1.96. The molecule has 2 heteroatoms. The van der Waals surface area contributed by atoms with Gasteiger partial charge >= 0.3 is 0 Å². The van der Waals surface area contributed by atoms with Gasteiger partial charge in [-0.2, -0.15) is 0 Å². The van der Waals surface area contributed by atoms with Crippen LogP contribution < -0.4 is 0 Å². The average molecular weight is 146 g/mol. The topological polar surface area (TPSA) is 9.23 Å². The molecular formula is C7H14OS. The summed E-state index contributed by atoms with van der Waals surface area (Å²) in [5, 5.41) is 1.84. The third-order valence-corrected chi connectivity index (χ3v) is 1.45. The van der Waals surface area contributed by atoms with Crippen molar-refractivity contribution in [3.8, 4) is 0 Å². The van der Waals surface area contributed by atoms with Crippen molar-refractivity contribution in [2.24, 2.45) is 0 Å². The fraction of sp³-hybridized carbons (Fsp3) is 0.714. The minimum atomic E-state index is 0.852. The maximum absolute atomic E-state index is 5.22. The Morgan fingerprint density at radius 3 is 2.89 bits per heavy atom. The van der Waals surface area contributed by atoms with Crippen molar-refractivity contribution < 1.29 is 4.74 Å². The number of ether oxygens (including phenoxy) is 1. The Labute approximate surface area is 61.5 Å². The zero-order valence-electron chi connectivity index (χ0n) is 5.93. The molecular weight excluding hydrogens is 132 g/mol. The molecule has 0 aliphatic carbocycles. The van der Waals surface area contributed by atoms with E-state index >= 15 is 0 Å². The lowest BCUT2D eigenvalue weighted by molar-refractivity contribution is 0.151. The van der Waals surface area contributed by atoms with Gasteiger partial charge in [-0.1, -0.05) is 13.5 Å². The van der Waals surface area contributed by atoms with E-state index in [1.807, 2.05) is 5.41 Å². The highest BCUT2D eigenvalue weighted by molar-refractivity contribution is 8.02. The van der Waals surface area contributed by atoms with E-state index in [4.69, 9.17) is 4.74 Å². The first-order chi connectivity index (χ1) is 4.41. The largest absolute Gasteiger partial charge is 0.381 e. The van der Waals surface area contributed by atoms with E-state index in [1.54, 1.807) is 11.8 Å². The molecule has 9 heavy (non-hydrogen) atoms. The predicted octanol–water partition coefficient (Wildman–Crippen LogP) is 2.29. The van der Waals surface area contributed by atoms with Crippen LogP contribution >= 0.6 is 11.8 Å². The summed E-state index contributed by atoms with van der Waals surface area (Å²) in [6, 6.07) is 0. The Morgan fingerprint density at radius 1 is 1.56 bits per heavy atom. The van der Waals surface area contributed by atoms with Crippen molar-refractivity contribution in [3.63, 3.8) is 0 Å². The van der Waals surface area contributed by atoms with Crippen molar-refractivity contribution in [2.45, 2.75) is 13.3 Å². The molecule has 0 spiro atoms. The summed E-state index contributed by atoms with van der Waals surface area (Å²) in [6.45, 7) is 7.44. The van der Waals surface area contributed by atoms with Gasteiger partial charge in [-0.3, -0.25) is 0 Å². The van der Waals surface area contributed by atoms with Gasteiger partial charge in [0, 0.05) is 12.4 Å². The number of hydrogen-bond donors (Lipinski definition) is 0. The van der Waals surface area contributed by atoms with Gasteiger partial charge in [0.2, 0.25) is 0 Å². The summed E-state index contributed by atoms with van der Waals surface area (Å²) in [5.41, 5.74) is 0. The average Bonchev–Trinajstić information content (AvgIpc) is 1.89. The first kappa shape index (κ1) is 9.05. The van der Waals surface area contributed by atoms with Crippen molar-refractivity contribution >= 4 is 11.8 Å². The van der Waals surface area contributed by atoms with Crippen LogP contribution in [0.1, 0.15) is 13.3 Å². The number of hydrogen-bond acceptors (Lipinski definition) is 2.